The van der Waals surface area contributed by atoms with E-state index in [2.05, 4.69) is 6.92 Å². The molecule has 0 saturated heterocycles. The van der Waals surface area contributed by atoms with Gasteiger partial charge in [-0.15, -0.1) is 0 Å². The molecule has 23 heavy (non-hydrogen) atoms. The fourth-order valence-electron chi connectivity index (χ4n) is 2.87. The van der Waals surface area contributed by atoms with E-state index in [0.29, 0.717) is 6.54 Å². The molecule has 2 N–H and O–H groups in total. The van der Waals surface area contributed by atoms with Crippen molar-refractivity contribution in [2.24, 2.45) is 5.73 Å². The van der Waals surface area contributed by atoms with Gasteiger partial charge in [0.2, 0.25) is 0 Å². The minimum absolute atomic E-state index is 0.0131. The lowest BCUT2D eigenvalue weighted by molar-refractivity contribution is -0.121. The van der Waals surface area contributed by atoms with E-state index in [1.54, 1.807) is 4.90 Å². The molecule has 0 saturated carbocycles. The molecule has 0 aromatic heterocycles. The second-order valence-corrected chi connectivity index (χ2v) is 5.88. The SMILES string of the molecule is CCCC(N)c1ccc2c(c1)N(Cc1ccccc1)C(=O)CO2. The molecule has 1 amide bonds. The minimum atomic E-state index is -0.0254. The van der Waals surface area contributed by atoms with Crippen LogP contribution in [0.1, 0.15) is 36.9 Å². The van der Waals surface area contributed by atoms with Crippen LogP contribution in [0.5, 0.6) is 5.75 Å². The lowest BCUT2D eigenvalue weighted by Crippen LogP contribution is -2.38. The summed E-state index contributed by atoms with van der Waals surface area (Å²) in [7, 11) is 0. The highest BCUT2D eigenvalue weighted by Crippen LogP contribution is 2.35. The molecule has 0 radical (unpaired) electrons. The molecule has 0 fully saturated rings. The van der Waals surface area contributed by atoms with Crippen LogP contribution in [0, 0.1) is 0 Å². The van der Waals surface area contributed by atoms with E-state index < -0.39 is 0 Å². The second kappa shape index (κ2) is 6.84. The van der Waals surface area contributed by atoms with Crippen molar-refractivity contribution in [3.8, 4) is 5.75 Å². The van der Waals surface area contributed by atoms with Crippen LogP contribution in [-0.2, 0) is 11.3 Å². The largest absolute Gasteiger partial charge is 0.482 e. The standard InChI is InChI=1S/C19H22N2O2/c1-2-6-16(20)15-9-10-18-17(11-15)21(19(22)13-23-18)12-14-7-4-3-5-8-14/h3-5,7-11,16H,2,6,12-13,20H2,1H3. The van der Waals surface area contributed by atoms with Gasteiger partial charge in [0.15, 0.2) is 6.61 Å². The molecule has 1 aliphatic rings. The van der Waals surface area contributed by atoms with E-state index in [1.165, 1.54) is 0 Å². The average molecular weight is 310 g/mol. The fraction of sp³-hybridized carbons (Fsp3) is 0.316. The van der Waals surface area contributed by atoms with Gasteiger partial charge < -0.3 is 15.4 Å². The molecule has 120 valence electrons. The molecule has 1 unspecified atom stereocenters. The first kappa shape index (κ1) is 15.6. The molecule has 1 atom stereocenters. The van der Waals surface area contributed by atoms with Crippen LogP contribution in [0.3, 0.4) is 0 Å². The van der Waals surface area contributed by atoms with Gasteiger partial charge in [-0.3, -0.25) is 4.79 Å². The predicted octanol–water partition coefficient (Wildman–Crippen LogP) is 3.41. The third-order valence-electron chi connectivity index (χ3n) is 4.14. The predicted molar refractivity (Wildman–Crippen MR) is 91.4 cm³/mol. The molecule has 0 spiro atoms. The Balaban J connectivity index is 1.92. The number of rotatable bonds is 5. The quantitative estimate of drug-likeness (QED) is 0.920. The number of amides is 1. The number of benzene rings is 2. The zero-order chi connectivity index (χ0) is 16.2. The van der Waals surface area contributed by atoms with Gasteiger partial charge in [-0.25, -0.2) is 0 Å². The van der Waals surface area contributed by atoms with E-state index in [1.807, 2.05) is 48.5 Å². The van der Waals surface area contributed by atoms with Crippen LogP contribution in [0.25, 0.3) is 0 Å². The Morgan fingerprint density at radius 3 is 2.74 bits per heavy atom. The third kappa shape index (κ3) is 3.37. The first-order chi connectivity index (χ1) is 11.2. The van der Waals surface area contributed by atoms with Crippen molar-refractivity contribution < 1.29 is 9.53 Å². The summed E-state index contributed by atoms with van der Waals surface area (Å²) in [5.74, 6) is 0.718. The number of carbonyl (C=O) groups is 1. The van der Waals surface area contributed by atoms with E-state index >= 15 is 0 Å². The van der Waals surface area contributed by atoms with Gasteiger partial charge in [-0.1, -0.05) is 49.7 Å². The molecule has 1 aliphatic heterocycles. The van der Waals surface area contributed by atoms with Crippen molar-refractivity contribution >= 4 is 11.6 Å². The summed E-state index contributed by atoms with van der Waals surface area (Å²) in [6, 6.07) is 15.9. The number of hydrogen-bond acceptors (Lipinski definition) is 3. The maximum atomic E-state index is 12.3. The lowest BCUT2D eigenvalue weighted by atomic mass is 10.0. The monoisotopic (exact) mass is 310 g/mol. The van der Waals surface area contributed by atoms with Crippen LogP contribution >= 0.6 is 0 Å². The highest BCUT2D eigenvalue weighted by molar-refractivity contribution is 5.97. The van der Waals surface area contributed by atoms with E-state index in [9.17, 15) is 4.79 Å². The Labute approximate surface area is 136 Å². The van der Waals surface area contributed by atoms with E-state index in [-0.39, 0.29) is 18.6 Å². The topological polar surface area (TPSA) is 55.6 Å². The number of hydrogen-bond donors (Lipinski definition) is 1. The summed E-state index contributed by atoms with van der Waals surface area (Å²) in [6.45, 7) is 2.75. The summed E-state index contributed by atoms with van der Waals surface area (Å²) >= 11 is 0. The van der Waals surface area contributed by atoms with Crippen molar-refractivity contribution in [2.45, 2.75) is 32.4 Å². The molecular formula is C19H22N2O2. The lowest BCUT2D eigenvalue weighted by Gasteiger charge is -2.30. The number of anilines is 1. The van der Waals surface area contributed by atoms with Gasteiger partial charge in [-0.05, 0) is 29.7 Å². The molecule has 1 heterocycles. The van der Waals surface area contributed by atoms with Crippen LogP contribution in [0.15, 0.2) is 48.5 Å². The van der Waals surface area contributed by atoms with E-state index in [0.717, 1.165) is 35.4 Å². The normalized spacial score (nSPS) is 15.0. The van der Waals surface area contributed by atoms with E-state index in [4.69, 9.17) is 10.5 Å². The highest BCUT2D eigenvalue weighted by Gasteiger charge is 2.26. The maximum absolute atomic E-state index is 12.3. The number of nitrogens with two attached hydrogens (primary N) is 1. The van der Waals surface area contributed by atoms with Crippen LogP contribution in [0.2, 0.25) is 0 Å². The zero-order valence-corrected chi connectivity index (χ0v) is 13.4. The van der Waals surface area contributed by atoms with Crippen molar-refractivity contribution in [3.63, 3.8) is 0 Å². The van der Waals surface area contributed by atoms with Crippen molar-refractivity contribution in [2.75, 3.05) is 11.5 Å². The summed E-state index contributed by atoms with van der Waals surface area (Å²) in [5, 5.41) is 0. The molecule has 3 rings (SSSR count). The maximum Gasteiger partial charge on any atom is 0.265 e. The van der Waals surface area contributed by atoms with Gasteiger partial charge in [0.05, 0.1) is 12.2 Å². The summed E-state index contributed by atoms with van der Waals surface area (Å²) in [5.41, 5.74) is 9.18. The molecule has 2 aromatic carbocycles. The fourth-order valence-corrected chi connectivity index (χ4v) is 2.87. The Bertz CT molecular complexity index is 685. The minimum Gasteiger partial charge on any atom is -0.482 e. The Morgan fingerprint density at radius 2 is 2.00 bits per heavy atom. The van der Waals surface area contributed by atoms with Crippen LogP contribution in [-0.4, -0.2) is 12.5 Å². The number of nitrogens with zero attached hydrogens (tertiary/aromatic N) is 1. The summed E-state index contributed by atoms with van der Waals surface area (Å²) < 4.78 is 5.57. The number of ether oxygens (including phenoxy) is 1. The van der Waals surface area contributed by atoms with Crippen molar-refractivity contribution in [1.82, 2.24) is 0 Å². The smallest absolute Gasteiger partial charge is 0.265 e. The molecule has 0 bridgehead atoms. The van der Waals surface area contributed by atoms with Gasteiger partial charge in [0.1, 0.15) is 5.75 Å². The molecule has 4 nitrogen and oxygen atoms in total. The zero-order valence-electron chi connectivity index (χ0n) is 13.4. The molecular weight excluding hydrogens is 288 g/mol. The Morgan fingerprint density at radius 1 is 1.22 bits per heavy atom. The first-order valence-electron chi connectivity index (χ1n) is 8.05. The number of carbonyl (C=O) groups excluding carboxylic acids is 1. The second-order valence-electron chi connectivity index (χ2n) is 5.88. The number of fused-ring (bicyclic) bond motifs is 1. The summed E-state index contributed by atoms with van der Waals surface area (Å²) in [6.07, 6.45) is 1.95. The first-order valence-corrected chi connectivity index (χ1v) is 8.05. The van der Waals surface area contributed by atoms with Gasteiger partial charge in [0.25, 0.3) is 5.91 Å². The Hall–Kier alpha value is -2.33. The summed E-state index contributed by atoms with van der Waals surface area (Å²) in [4.78, 5) is 14.1. The average Bonchev–Trinajstić information content (AvgIpc) is 2.58. The van der Waals surface area contributed by atoms with Gasteiger partial charge >= 0.3 is 0 Å². The highest BCUT2D eigenvalue weighted by atomic mass is 16.5. The van der Waals surface area contributed by atoms with Crippen molar-refractivity contribution in [3.05, 3.63) is 59.7 Å². The molecule has 2 aromatic rings. The Kier molecular flexibility index (Phi) is 4.63. The van der Waals surface area contributed by atoms with Crippen molar-refractivity contribution in [1.29, 1.82) is 0 Å². The van der Waals surface area contributed by atoms with Crippen LogP contribution in [0.4, 0.5) is 5.69 Å². The molecule has 0 aliphatic carbocycles. The molecule has 4 heteroatoms. The van der Waals surface area contributed by atoms with Crippen LogP contribution < -0.4 is 15.4 Å². The third-order valence-corrected chi connectivity index (χ3v) is 4.14. The van der Waals surface area contributed by atoms with Gasteiger partial charge in [0, 0.05) is 6.04 Å². The van der Waals surface area contributed by atoms with Gasteiger partial charge in [-0.2, -0.15) is 0 Å².